The van der Waals surface area contributed by atoms with Crippen molar-refractivity contribution in [3.63, 3.8) is 0 Å². The average molecular weight is 641 g/mol. The van der Waals surface area contributed by atoms with Crippen molar-refractivity contribution in [3.8, 4) is 0 Å². The van der Waals surface area contributed by atoms with E-state index < -0.39 is 35.9 Å². The molecular formula is C30H43Cl5O2Si. The van der Waals surface area contributed by atoms with Crippen molar-refractivity contribution in [2.45, 2.75) is 104 Å². The van der Waals surface area contributed by atoms with Crippen LogP contribution in [0.5, 0.6) is 0 Å². The molecule has 214 valence electrons. The van der Waals surface area contributed by atoms with Gasteiger partial charge in [-0.2, -0.15) is 0 Å². The largest absolute Gasteiger partial charge is 0.407 e. The van der Waals surface area contributed by atoms with E-state index in [0.717, 1.165) is 45.1 Å². The lowest BCUT2D eigenvalue weighted by Gasteiger charge is -2.43. The highest BCUT2D eigenvalue weighted by Crippen LogP contribution is 2.37. The van der Waals surface area contributed by atoms with Gasteiger partial charge in [0.25, 0.3) is 8.32 Å². The number of rotatable bonds is 16. The van der Waals surface area contributed by atoms with Crippen molar-refractivity contribution in [2.75, 3.05) is 6.61 Å². The van der Waals surface area contributed by atoms with Gasteiger partial charge >= 0.3 is 0 Å². The summed E-state index contributed by atoms with van der Waals surface area (Å²) in [7, 11) is -2.47. The number of hydrogen-bond acceptors (Lipinski definition) is 2. The van der Waals surface area contributed by atoms with Crippen LogP contribution in [0.4, 0.5) is 0 Å². The van der Waals surface area contributed by atoms with Crippen LogP contribution < -0.4 is 10.4 Å². The highest BCUT2D eigenvalue weighted by Gasteiger charge is 2.49. The molecule has 0 bridgehead atoms. The Morgan fingerprint density at radius 2 is 1.18 bits per heavy atom. The van der Waals surface area contributed by atoms with Gasteiger partial charge in [-0.25, -0.2) is 0 Å². The summed E-state index contributed by atoms with van der Waals surface area (Å²) < 4.78 is 6.97. The summed E-state index contributed by atoms with van der Waals surface area (Å²) in [6.07, 6.45) is 4.91. The molecule has 0 heterocycles. The van der Waals surface area contributed by atoms with Crippen LogP contribution in [-0.2, 0) is 4.43 Å². The van der Waals surface area contributed by atoms with Crippen LogP contribution in [0.1, 0.15) is 66.2 Å². The van der Waals surface area contributed by atoms with E-state index in [1.165, 1.54) is 10.4 Å². The lowest BCUT2D eigenvalue weighted by atomic mass is 10.0. The van der Waals surface area contributed by atoms with Gasteiger partial charge in [-0.05, 0) is 35.2 Å². The molecule has 0 aliphatic rings. The quantitative estimate of drug-likeness (QED) is 0.114. The molecule has 0 amide bonds. The molecule has 0 radical (unpaired) electrons. The van der Waals surface area contributed by atoms with E-state index in [9.17, 15) is 5.11 Å². The van der Waals surface area contributed by atoms with Crippen LogP contribution >= 0.6 is 58.0 Å². The lowest BCUT2D eigenvalue weighted by molar-refractivity contribution is 0.160. The van der Waals surface area contributed by atoms with Gasteiger partial charge < -0.3 is 9.53 Å². The Balaban J connectivity index is 1.85. The molecule has 0 aliphatic carbocycles. The van der Waals surface area contributed by atoms with Gasteiger partial charge in [0.1, 0.15) is 0 Å². The summed E-state index contributed by atoms with van der Waals surface area (Å²) in [5.74, 6) is 0. The molecule has 0 unspecified atom stereocenters. The fraction of sp³-hybridized carbons (Fsp3) is 0.600. The van der Waals surface area contributed by atoms with Gasteiger partial charge in [0.05, 0.1) is 27.6 Å². The first-order valence-electron chi connectivity index (χ1n) is 13.6. The second kappa shape index (κ2) is 16.5. The maximum atomic E-state index is 10.3. The summed E-state index contributed by atoms with van der Waals surface area (Å²) >= 11 is 31.4. The van der Waals surface area contributed by atoms with Crippen LogP contribution in [-0.4, -0.2) is 53.0 Å². The Morgan fingerprint density at radius 1 is 0.711 bits per heavy atom. The molecule has 0 spiro atoms. The number of halogens is 5. The zero-order valence-corrected chi connectivity index (χ0v) is 27.7. The molecule has 2 aromatic rings. The maximum Gasteiger partial charge on any atom is 0.261 e. The van der Waals surface area contributed by atoms with Gasteiger partial charge in [0, 0.05) is 12.0 Å². The van der Waals surface area contributed by atoms with Gasteiger partial charge in [-0.3, -0.25) is 0 Å². The number of unbranched alkanes of at least 4 members (excludes halogenated alkanes) is 4. The molecule has 2 aromatic carbocycles. The van der Waals surface area contributed by atoms with Crippen molar-refractivity contribution < 1.29 is 9.53 Å². The fourth-order valence-corrected chi connectivity index (χ4v) is 10.9. The maximum absolute atomic E-state index is 10.3. The Morgan fingerprint density at radius 3 is 1.66 bits per heavy atom. The van der Waals surface area contributed by atoms with Crippen molar-refractivity contribution >= 4 is 76.7 Å². The summed E-state index contributed by atoms with van der Waals surface area (Å²) in [5.41, 5.74) is 0. The van der Waals surface area contributed by atoms with E-state index in [1.807, 2.05) is 0 Å². The molecule has 0 aliphatic heterocycles. The second-order valence-corrected chi connectivity index (χ2v) is 18.2. The molecule has 2 nitrogen and oxygen atoms in total. The van der Waals surface area contributed by atoms with E-state index in [1.54, 1.807) is 6.92 Å². The molecule has 0 aromatic heterocycles. The monoisotopic (exact) mass is 638 g/mol. The zero-order valence-electron chi connectivity index (χ0n) is 22.9. The minimum absolute atomic E-state index is 0.0116. The summed E-state index contributed by atoms with van der Waals surface area (Å²) in [6, 6.07) is 21.5. The van der Waals surface area contributed by atoms with Crippen LogP contribution in [0.2, 0.25) is 5.04 Å². The predicted molar refractivity (Wildman–Crippen MR) is 171 cm³/mol. The van der Waals surface area contributed by atoms with Crippen molar-refractivity contribution in [1.82, 2.24) is 0 Å². The van der Waals surface area contributed by atoms with Crippen molar-refractivity contribution in [2.24, 2.45) is 0 Å². The van der Waals surface area contributed by atoms with Crippen LogP contribution in [0.25, 0.3) is 0 Å². The topological polar surface area (TPSA) is 29.5 Å². The van der Waals surface area contributed by atoms with Crippen LogP contribution in [0.3, 0.4) is 0 Å². The minimum atomic E-state index is -2.47. The molecule has 2 rings (SSSR count). The van der Waals surface area contributed by atoms with Gasteiger partial charge in [-0.1, -0.05) is 107 Å². The Labute approximate surface area is 256 Å². The number of aliphatic hydroxyl groups excluding tert-OH is 1. The first-order valence-corrected chi connectivity index (χ1v) is 17.7. The fourth-order valence-electron chi connectivity index (χ4n) is 4.95. The third-order valence-electron chi connectivity index (χ3n) is 7.10. The predicted octanol–water partition coefficient (Wildman–Crippen LogP) is 8.32. The standard InChI is InChI=1S/C30H43Cl5O2Si/c1-22(31)26(33)29(36)28(35)27(34)25(32)20-14-6-5-7-15-21-37-38(30(2,3)4,23-16-10-8-11-17-23)24-18-12-9-13-19-24/h8-13,16-19,22,25-29,36H,5-7,14-15,20-21H2,1-4H3/t22-,25-,26-,27+,28-,29-/m1/s1. The van der Waals surface area contributed by atoms with Crippen LogP contribution in [0.15, 0.2) is 60.7 Å². The highest BCUT2D eigenvalue weighted by atomic mass is 35.5. The van der Waals surface area contributed by atoms with Crippen LogP contribution in [0, 0.1) is 0 Å². The van der Waals surface area contributed by atoms with E-state index >= 15 is 0 Å². The van der Waals surface area contributed by atoms with Gasteiger partial charge in [-0.15, -0.1) is 58.0 Å². The normalized spacial score (nSPS) is 17.4. The summed E-state index contributed by atoms with van der Waals surface area (Å²) in [4.78, 5) is 0. The average Bonchev–Trinajstić information content (AvgIpc) is 2.90. The molecule has 38 heavy (non-hydrogen) atoms. The number of hydrogen-bond donors (Lipinski definition) is 1. The SMILES string of the molecule is C[C@@H](Cl)[C@@H](Cl)[C@@H](O)[C@H](Cl)[C@@H](Cl)[C@H](Cl)CCCCCCCO[Si](c1ccccc1)(c1ccccc1)C(C)(C)C. The first kappa shape index (κ1) is 34.2. The van der Waals surface area contributed by atoms with E-state index in [2.05, 4.69) is 81.4 Å². The van der Waals surface area contributed by atoms with E-state index in [0.29, 0.717) is 0 Å². The van der Waals surface area contributed by atoms with Gasteiger partial charge in [0.15, 0.2) is 0 Å². The molecule has 8 heteroatoms. The third-order valence-corrected chi connectivity index (χ3v) is 15.0. The van der Waals surface area contributed by atoms with Crippen molar-refractivity contribution in [1.29, 1.82) is 0 Å². The first-order chi connectivity index (χ1) is 17.9. The summed E-state index contributed by atoms with van der Waals surface area (Å²) in [6.45, 7) is 9.37. The van der Waals surface area contributed by atoms with E-state index in [4.69, 9.17) is 62.4 Å². The highest BCUT2D eigenvalue weighted by molar-refractivity contribution is 6.99. The van der Waals surface area contributed by atoms with E-state index in [-0.39, 0.29) is 10.4 Å². The Kier molecular flexibility index (Phi) is 14.8. The smallest absolute Gasteiger partial charge is 0.261 e. The zero-order chi connectivity index (χ0) is 28.3. The van der Waals surface area contributed by atoms with Gasteiger partial charge in [0.2, 0.25) is 0 Å². The molecule has 0 saturated heterocycles. The number of benzene rings is 2. The number of aliphatic hydroxyl groups is 1. The molecule has 1 N–H and O–H groups in total. The Bertz CT molecular complexity index is 870. The second-order valence-electron chi connectivity index (χ2n) is 11.1. The minimum Gasteiger partial charge on any atom is -0.407 e. The number of alkyl halides is 5. The molecule has 0 saturated carbocycles. The molecule has 0 fully saturated rings. The lowest BCUT2D eigenvalue weighted by Crippen LogP contribution is -2.66. The summed E-state index contributed by atoms with van der Waals surface area (Å²) in [5, 5.41) is 10.1. The third kappa shape index (κ3) is 9.28. The molecule has 6 atom stereocenters. The Hall–Kier alpha value is 0.0269. The molecular weight excluding hydrogens is 598 g/mol. The van der Waals surface area contributed by atoms with Crippen molar-refractivity contribution in [3.05, 3.63) is 60.7 Å².